The van der Waals surface area contributed by atoms with Crippen molar-refractivity contribution in [3.63, 3.8) is 0 Å². The number of benzene rings is 1. The van der Waals surface area contributed by atoms with Gasteiger partial charge in [0, 0.05) is 6.54 Å². The first kappa shape index (κ1) is 14.0. The van der Waals surface area contributed by atoms with Crippen LogP contribution in [-0.2, 0) is 4.79 Å². The topological polar surface area (TPSA) is 60.9 Å². The van der Waals surface area contributed by atoms with Crippen LogP contribution in [0.4, 0.5) is 9.18 Å². The number of carbonyl (C=O) groups excluding carboxylic acids is 2. The van der Waals surface area contributed by atoms with E-state index in [9.17, 15) is 19.1 Å². The van der Waals surface area contributed by atoms with Crippen LogP contribution in [0.1, 0.15) is 30.1 Å². The molecule has 112 valence electrons. The van der Waals surface area contributed by atoms with Crippen molar-refractivity contribution in [2.45, 2.75) is 31.9 Å². The number of fused-ring (bicyclic) bond motifs is 1. The van der Waals surface area contributed by atoms with Crippen LogP contribution in [0.5, 0.6) is 0 Å². The first-order valence-corrected chi connectivity index (χ1v) is 7.05. The number of rotatable bonds is 3. The monoisotopic (exact) mass is 292 g/mol. The number of amides is 3. The third kappa shape index (κ3) is 2.29. The molecule has 3 amide bonds. The fourth-order valence-corrected chi connectivity index (χ4v) is 3.13. The lowest BCUT2D eigenvalue weighted by atomic mass is 10.0. The van der Waals surface area contributed by atoms with Crippen molar-refractivity contribution in [1.82, 2.24) is 9.80 Å². The Balaban J connectivity index is 1.77. The Kier molecular flexibility index (Phi) is 3.41. The van der Waals surface area contributed by atoms with E-state index in [0.29, 0.717) is 24.1 Å². The highest BCUT2D eigenvalue weighted by Crippen LogP contribution is 2.29. The molecule has 0 aromatic heterocycles. The predicted molar refractivity (Wildman–Crippen MR) is 72.9 cm³/mol. The van der Waals surface area contributed by atoms with Gasteiger partial charge in [0.15, 0.2) is 0 Å². The van der Waals surface area contributed by atoms with Gasteiger partial charge < -0.3 is 10.0 Å². The average molecular weight is 292 g/mol. The van der Waals surface area contributed by atoms with Gasteiger partial charge in [0.1, 0.15) is 11.9 Å². The normalized spacial score (nSPS) is 22.9. The van der Waals surface area contributed by atoms with Crippen LogP contribution in [0.2, 0.25) is 0 Å². The van der Waals surface area contributed by atoms with E-state index in [1.54, 1.807) is 11.8 Å². The van der Waals surface area contributed by atoms with Gasteiger partial charge in [-0.2, -0.15) is 0 Å². The van der Waals surface area contributed by atoms with Crippen LogP contribution in [0.25, 0.3) is 0 Å². The number of aliphatic hydroxyl groups excluding tert-OH is 1. The van der Waals surface area contributed by atoms with Gasteiger partial charge in [-0.05, 0) is 43.0 Å². The molecule has 0 spiro atoms. The molecule has 0 bridgehead atoms. The number of nitrogens with zero attached hydrogens (tertiary/aromatic N) is 2. The van der Waals surface area contributed by atoms with Gasteiger partial charge in [-0.3, -0.25) is 9.69 Å². The summed E-state index contributed by atoms with van der Waals surface area (Å²) in [6.45, 7) is 2.20. The van der Waals surface area contributed by atoms with Crippen molar-refractivity contribution in [3.8, 4) is 0 Å². The Morgan fingerprint density at radius 3 is 2.86 bits per heavy atom. The molecule has 1 aromatic rings. The number of halogens is 1. The summed E-state index contributed by atoms with van der Waals surface area (Å²) in [6.07, 6.45) is 0.529. The van der Waals surface area contributed by atoms with E-state index in [2.05, 4.69) is 0 Å². The summed E-state index contributed by atoms with van der Waals surface area (Å²) in [5.74, 6) is -0.617. The minimum Gasteiger partial charge on any atom is -0.387 e. The number of aryl methyl sites for hydroxylation is 1. The highest BCUT2D eigenvalue weighted by molar-refractivity contribution is 6.04. The number of aliphatic hydroxyl groups is 1. The Bertz CT molecular complexity index is 583. The quantitative estimate of drug-likeness (QED) is 0.861. The van der Waals surface area contributed by atoms with E-state index < -0.39 is 6.10 Å². The summed E-state index contributed by atoms with van der Waals surface area (Å²) in [7, 11) is 0. The number of β-amino-alcohol motifs (C(OH)–C–C–N with tert-alkyl or cyclic N) is 1. The zero-order valence-electron chi connectivity index (χ0n) is 11.8. The summed E-state index contributed by atoms with van der Waals surface area (Å²) < 4.78 is 13.1. The SMILES string of the molecule is Cc1cc(F)ccc1C(O)CN1C(=O)C2CCCN2C1=O. The van der Waals surface area contributed by atoms with Gasteiger partial charge in [0.05, 0.1) is 12.6 Å². The van der Waals surface area contributed by atoms with Gasteiger partial charge in [0.2, 0.25) is 0 Å². The smallest absolute Gasteiger partial charge is 0.327 e. The van der Waals surface area contributed by atoms with Crippen LogP contribution in [0.15, 0.2) is 18.2 Å². The van der Waals surface area contributed by atoms with E-state index in [-0.39, 0.29) is 30.3 Å². The Morgan fingerprint density at radius 1 is 1.43 bits per heavy atom. The molecule has 0 aliphatic carbocycles. The lowest BCUT2D eigenvalue weighted by molar-refractivity contribution is -0.128. The molecule has 2 aliphatic rings. The third-order valence-corrected chi connectivity index (χ3v) is 4.23. The van der Waals surface area contributed by atoms with Crippen LogP contribution in [-0.4, -0.2) is 46.0 Å². The third-order valence-electron chi connectivity index (χ3n) is 4.23. The fourth-order valence-electron chi connectivity index (χ4n) is 3.13. The Morgan fingerprint density at radius 2 is 2.19 bits per heavy atom. The lowest BCUT2D eigenvalue weighted by Crippen LogP contribution is -2.36. The number of imide groups is 1. The zero-order chi connectivity index (χ0) is 15.1. The molecule has 1 N–H and O–H groups in total. The summed E-state index contributed by atoms with van der Waals surface area (Å²) in [4.78, 5) is 27.0. The molecular weight excluding hydrogens is 275 g/mol. The van der Waals surface area contributed by atoms with Crippen molar-refractivity contribution >= 4 is 11.9 Å². The standard InChI is InChI=1S/C15H17FN2O3/c1-9-7-10(16)4-5-11(9)13(19)8-18-14(20)12-3-2-6-17(12)15(18)21/h4-5,7,12-13,19H,2-3,6,8H2,1H3. The fraction of sp³-hybridized carbons (Fsp3) is 0.467. The molecule has 1 aromatic carbocycles. The first-order valence-electron chi connectivity index (χ1n) is 7.05. The van der Waals surface area contributed by atoms with Gasteiger partial charge in [-0.25, -0.2) is 9.18 Å². The molecule has 2 saturated heterocycles. The van der Waals surface area contributed by atoms with E-state index in [4.69, 9.17) is 0 Å². The first-order chi connectivity index (χ1) is 9.99. The van der Waals surface area contributed by atoms with Crippen LogP contribution < -0.4 is 0 Å². The maximum atomic E-state index is 13.1. The van der Waals surface area contributed by atoms with E-state index in [0.717, 1.165) is 11.3 Å². The minimum absolute atomic E-state index is 0.0862. The molecule has 0 saturated carbocycles. The summed E-state index contributed by atoms with van der Waals surface area (Å²) >= 11 is 0. The van der Waals surface area contributed by atoms with Gasteiger partial charge in [0.25, 0.3) is 5.91 Å². The number of hydrogen-bond acceptors (Lipinski definition) is 3. The highest BCUT2D eigenvalue weighted by Gasteiger charge is 2.47. The van der Waals surface area contributed by atoms with Crippen LogP contribution >= 0.6 is 0 Å². The second-order valence-corrected chi connectivity index (χ2v) is 5.60. The number of hydrogen-bond donors (Lipinski definition) is 1. The number of carbonyl (C=O) groups is 2. The highest BCUT2D eigenvalue weighted by atomic mass is 19.1. The molecular formula is C15H17FN2O3. The molecule has 2 fully saturated rings. The maximum absolute atomic E-state index is 13.1. The maximum Gasteiger partial charge on any atom is 0.327 e. The summed E-state index contributed by atoms with van der Waals surface area (Å²) in [5.41, 5.74) is 1.13. The molecule has 5 nitrogen and oxygen atoms in total. The Labute approximate surface area is 122 Å². The summed E-state index contributed by atoms with van der Waals surface area (Å²) in [6, 6.07) is 3.38. The molecule has 0 radical (unpaired) electrons. The molecule has 21 heavy (non-hydrogen) atoms. The van der Waals surface area contributed by atoms with Crippen LogP contribution in [0, 0.1) is 12.7 Å². The minimum atomic E-state index is -1.00. The molecule has 2 heterocycles. The van der Waals surface area contributed by atoms with E-state index >= 15 is 0 Å². The molecule has 3 rings (SSSR count). The Hall–Kier alpha value is -1.95. The van der Waals surface area contributed by atoms with E-state index in [1.807, 2.05) is 0 Å². The van der Waals surface area contributed by atoms with Crippen molar-refractivity contribution in [2.24, 2.45) is 0 Å². The largest absolute Gasteiger partial charge is 0.387 e. The van der Waals surface area contributed by atoms with Crippen molar-refractivity contribution < 1.29 is 19.1 Å². The molecule has 2 atom stereocenters. The van der Waals surface area contributed by atoms with Crippen molar-refractivity contribution in [2.75, 3.05) is 13.1 Å². The van der Waals surface area contributed by atoms with Crippen molar-refractivity contribution in [1.29, 1.82) is 0 Å². The van der Waals surface area contributed by atoms with E-state index in [1.165, 1.54) is 18.2 Å². The lowest BCUT2D eigenvalue weighted by Gasteiger charge is -2.20. The predicted octanol–water partition coefficient (Wildman–Crippen LogP) is 1.59. The number of urea groups is 1. The van der Waals surface area contributed by atoms with Gasteiger partial charge in [-0.15, -0.1) is 0 Å². The average Bonchev–Trinajstić information content (AvgIpc) is 2.99. The van der Waals surface area contributed by atoms with Crippen molar-refractivity contribution in [3.05, 3.63) is 35.1 Å². The second-order valence-electron chi connectivity index (χ2n) is 5.60. The molecule has 2 aliphatic heterocycles. The summed E-state index contributed by atoms with van der Waals surface area (Å²) in [5, 5.41) is 10.3. The van der Waals surface area contributed by atoms with Gasteiger partial charge >= 0.3 is 6.03 Å². The van der Waals surface area contributed by atoms with Crippen LogP contribution in [0.3, 0.4) is 0 Å². The molecule has 6 heteroatoms. The van der Waals surface area contributed by atoms with Gasteiger partial charge in [-0.1, -0.05) is 6.07 Å². The second kappa shape index (κ2) is 5.11. The zero-order valence-corrected chi connectivity index (χ0v) is 11.8. The molecule has 2 unspecified atom stereocenters.